The number of aromatic nitrogens is 1. The van der Waals surface area contributed by atoms with E-state index in [1.54, 1.807) is 13.0 Å². The van der Waals surface area contributed by atoms with Gasteiger partial charge in [0.1, 0.15) is 0 Å². The number of sulfone groups is 1. The smallest absolute Gasteiger partial charge is 0.154 e. The second-order valence-corrected chi connectivity index (χ2v) is 6.42. The standard InChI is InChI=1S/C10H15ClN2O2S/c1-8(12)3-5-16(14,15)7-9-2-4-13-6-10(9)11/h2,4,6,8H,3,5,7,12H2,1H3. The third-order valence-electron chi connectivity index (χ3n) is 2.12. The zero-order chi connectivity index (χ0) is 12.2. The van der Waals surface area contributed by atoms with Gasteiger partial charge in [-0.05, 0) is 25.0 Å². The van der Waals surface area contributed by atoms with E-state index in [2.05, 4.69) is 4.98 Å². The normalized spacial score (nSPS) is 13.7. The number of rotatable bonds is 5. The Bertz CT molecular complexity index is 446. The molecule has 1 atom stereocenters. The summed E-state index contributed by atoms with van der Waals surface area (Å²) in [5.74, 6) is 0.0321. The summed E-state index contributed by atoms with van der Waals surface area (Å²) < 4.78 is 23.4. The van der Waals surface area contributed by atoms with Crippen molar-refractivity contribution < 1.29 is 8.42 Å². The molecule has 1 aromatic rings. The molecular weight excluding hydrogens is 248 g/mol. The molecule has 0 radical (unpaired) electrons. The molecule has 0 bridgehead atoms. The Morgan fingerprint density at radius 2 is 2.25 bits per heavy atom. The van der Waals surface area contributed by atoms with E-state index >= 15 is 0 Å². The Labute approximate surface area is 101 Å². The van der Waals surface area contributed by atoms with Crippen molar-refractivity contribution in [2.75, 3.05) is 5.75 Å². The molecule has 1 unspecified atom stereocenters. The SMILES string of the molecule is CC(N)CCS(=O)(=O)Cc1ccncc1Cl. The van der Waals surface area contributed by atoms with E-state index in [4.69, 9.17) is 17.3 Å². The summed E-state index contributed by atoms with van der Waals surface area (Å²) >= 11 is 5.84. The molecule has 1 aromatic heterocycles. The minimum atomic E-state index is -3.14. The minimum absolute atomic E-state index is 0.0545. The summed E-state index contributed by atoms with van der Waals surface area (Å²) in [5, 5.41) is 0.381. The second kappa shape index (κ2) is 5.61. The predicted octanol–water partition coefficient (Wildman–Crippen LogP) is 1.39. The topological polar surface area (TPSA) is 73.1 Å². The highest BCUT2D eigenvalue weighted by atomic mass is 35.5. The molecule has 0 saturated heterocycles. The molecule has 1 heterocycles. The Morgan fingerprint density at radius 3 is 2.81 bits per heavy atom. The predicted molar refractivity (Wildman–Crippen MR) is 65.0 cm³/mol. The molecule has 0 aliphatic carbocycles. The van der Waals surface area contributed by atoms with Crippen molar-refractivity contribution in [3.8, 4) is 0 Å². The van der Waals surface area contributed by atoms with Crippen LogP contribution in [0.1, 0.15) is 18.9 Å². The Morgan fingerprint density at radius 1 is 1.56 bits per heavy atom. The van der Waals surface area contributed by atoms with Crippen molar-refractivity contribution in [3.63, 3.8) is 0 Å². The summed E-state index contributed by atoms with van der Waals surface area (Å²) in [6.45, 7) is 1.79. The van der Waals surface area contributed by atoms with Crippen LogP contribution in [0.3, 0.4) is 0 Å². The lowest BCUT2D eigenvalue weighted by Gasteiger charge is -2.07. The van der Waals surface area contributed by atoms with Crippen molar-refractivity contribution in [1.82, 2.24) is 4.98 Å². The van der Waals surface area contributed by atoms with Crippen LogP contribution in [0.15, 0.2) is 18.5 Å². The monoisotopic (exact) mass is 262 g/mol. The first-order valence-electron chi connectivity index (χ1n) is 4.95. The molecule has 90 valence electrons. The average Bonchev–Trinajstić information content (AvgIpc) is 2.19. The van der Waals surface area contributed by atoms with Crippen molar-refractivity contribution in [2.24, 2.45) is 5.73 Å². The molecule has 0 aliphatic heterocycles. The van der Waals surface area contributed by atoms with Crippen LogP contribution < -0.4 is 5.73 Å². The van der Waals surface area contributed by atoms with Crippen molar-refractivity contribution in [3.05, 3.63) is 29.0 Å². The molecule has 0 aliphatic rings. The van der Waals surface area contributed by atoms with E-state index in [9.17, 15) is 8.42 Å². The zero-order valence-electron chi connectivity index (χ0n) is 9.06. The summed E-state index contributed by atoms with van der Waals surface area (Å²) in [6, 6.07) is 1.51. The molecule has 4 nitrogen and oxygen atoms in total. The number of halogens is 1. The van der Waals surface area contributed by atoms with Gasteiger partial charge in [-0.3, -0.25) is 4.98 Å². The first-order valence-corrected chi connectivity index (χ1v) is 7.15. The third-order valence-corrected chi connectivity index (χ3v) is 4.06. The van der Waals surface area contributed by atoms with Gasteiger partial charge in [-0.15, -0.1) is 0 Å². The van der Waals surface area contributed by atoms with E-state index in [-0.39, 0.29) is 17.5 Å². The molecule has 2 N–H and O–H groups in total. The fourth-order valence-corrected chi connectivity index (χ4v) is 3.06. The van der Waals surface area contributed by atoms with Gasteiger partial charge >= 0.3 is 0 Å². The first-order chi connectivity index (χ1) is 7.41. The third kappa shape index (κ3) is 4.47. The molecule has 0 amide bonds. The molecular formula is C10H15ClN2O2S. The van der Waals surface area contributed by atoms with E-state index in [0.29, 0.717) is 17.0 Å². The van der Waals surface area contributed by atoms with Crippen LogP contribution in [-0.4, -0.2) is 25.2 Å². The Balaban J connectivity index is 2.70. The van der Waals surface area contributed by atoms with Gasteiger partial charge in [0.25, 0.3) is 0 Å². The highest BCUT2D eigenvalue weighted by Crippen LogP contribution is 2.17. The highest BCUT2D eigenvalue weighted by Gasteiger charge is 2.14. The maximum absolute atomic E-state index is 11.7. The molecule has 0 fully saturated rings. The Hall–Kier alpha value is -0.650. The lowest BCUT2D eigenvalue weighted by molar-refractivity contribution is 0.586. The van der Waals surface area contributed by atoms with Crippen LogP contribution in [0.25, 0.3) is 0 Å². The van der Waals surface area contributed by atoms with Gasteiger partial charge in [-0.25, -0.2) is 8.42 Å². The van der Waals surface area contributed by atoms with Gasteiger partial charge in [0.15, 0.2) is 9.84 Å². The summed E-state index contributed by atoms with van der Waals surface area (Å²) in [5.41, 5.74) is 6.11. The summed E-state index contributed by atoms with van der Waals surface area (Å²) in [4.78, 5) is 3.80. The van der Waals surface area contributed by atoms with Crippen molar-refractivity contribution in [1.29, 1.82) is 0 Å². The summed E-state index contributed by atoms with van der Waals surface area (Å²) in [7, 11) is -3.14. The van der Waals surface area contributed by atoms with Crippen LogP contribution >= 0.6 is 11.6 Å². The largest absolute Gasteiger partial charge is 0.328 e. The van der Waals surface area contributed by atoms with E-state index in [1.165, 1.54) is 12.4 Å². The lowest BCUT2D eigenvalue weighted by Crippen LogP contribution is -2.20. The van der Waals surface area contributed by atoms with Crippen LogP contribution in [0.5, 0.6) is 0 Å². The fraction of sp³-hybridized carbons (Fsp3) is 0.500. The number of nitrogens with two attached hydrogens (primary N) is 1. The van der Waals surface area contributed by atoms with Crippen LogP contribution in [-0.2, 0) is 15.6 Å². The van der Waals surface area contributed by atoms with Crippen molar-refractivity contribution >= 4 is 21.4 Å². The van der Waals surface area contributed by atoms with Gasteiger partial charge in [-0.2, -0.15) is 0 Å². The van der Waals surface area contributed by atoms with Crippen LogP contribution in [0, 0.1) is 0 Å². The number of hydrogen-bond acceptors (Lipinski definition) is 4. The highest BCUT2D eigenvalue weighted by molar-refractivity contribution is 7.90. The molecule has 0 saturated carbocycles. The van der Waals surface area contributed by atoms with Gasteiger partial charge in [-0.1, -0.05) is 11.6 Å². The summed E-state index contributed by atoms with van der Waals surface area (Å²) in [6.07, 6.45) is 3.44. The molecule has 0 spiro atoms. The minimum Gasteiger partial charge on any atom is -0.328 e. The lowest BCUT2D eigenvalue weighted by atomic mass is 10.3. The van der Waals surface area contributed by atoms with Gasteiger partial charge in [0.2, 0.25) is 0 Å². The zero-order valence-corrected chi connectivity index (χ0v) is 10.6. The van der Waals surface area contributed by atoms with E-state index in [0.717, 1.165) is 0 Å². The second-order valence-electron chi connectivity index (χ2n) is 3.83. The number of nitrogens with zero attached hydrogens (tertiary/aromatic N) is 1. The maximum atomic E-state index is 11.7. The number of hydrogen-bond donors (Lipinski definition) is 1. The molecule has 1 rings (SSSR count). The van der Waals surface area contributed by atoms with E-state index < -0.39 is 9.84 Å². The van der Waals surface area contributed by atoms with Crippen LogP contribution in [0.2, 0.25) is 5.02 Å². The van der Waals surface area contributed by atoms with Gasteiger partial charge in [0, 0.05) is 18.4 Å². The maximum Gasteiger partial charge on any atom is 0.154 e. The average molecular weight is 263 g/mol. The molecule has 6 heteroatoms. The fourth-order valence-electron chi connectivity index (χ4n) is 1.20. The molecule has 16 heavy (non-hydrogen) atoms. The molecule has 0 aromatic carbocycles. The first kappa shape index (κ1) is 13.4. The quantitative estimate of drug-likeness (QED) is 0.870. The van der Waals surface area contributed by atoms with Crippen molar-refractivity contribution in [2.45, 2.75) is 25.1 Å². The van der Waals surface area contributed by atoms with Crippen LogP contribution in [0.4, 0.5) is 0 Å². The van der Waals surface area contributed by atoms with Gasteiger partial charge in [0.05, 0.1) is 16.5 Å². The Kier molecular flexibility index (Phi) is 4.70. The van der Waals surface area contributed by atoms with E-state index in [1.807, 2.05) is 0 Å². The van der Waals surface area contributed by atoms with Gasteiger partial charge < -0.3 is 5.73 Å². The number of pyridine rings is 1.